The van der Waals surface area contributed by atoms with Crippen LogP contribution < -0.4 is 0 Å². The van der Waals surface area contributed by atoms with Gasteiger partial charge in [0.2, 0.25) is 11.5 Å². The quantitative estimate of drug-likeness (QED) is 0.736. The first-order valence-corrected chi connectivity index (χ1v) is 4.58. The summed E-state index contributed by atoms with van der Waals surface area (Å²) in [6.45, 7) is -4.74. The highest BCUT2D eigenvalue weighted by Gasteiger charge is 2.75. The third-order valence-corrected chi connectivity index (χ3v) is 1.93. The van der Waals surface area contributed by atoms with E-state index in [4.69, 9.17) is 0 Å². The Morgan fingerprint density at radius 3 is 1.10 bits per heavy atom. The first-order chi connectivity index (χ1) is 8.68. The van der Waals surface area contributed by atoms with Crippen LogP contribution in [0.4, 0.5) is 43.9 Å². The van der Waals surface area contributed by atoms with Crippen LogP contribution in [-0.2, 0) is 9.47 Å². The van der Waals surface area contributed by atoms with Crippen LogP contribution in [0.2, 0.25) is 0 Å². The highest BCUT2D eigenvalue weighted by atomic mass is 19.4. The molecule has 0 aromatic carbocycles. The lowest BCUT2D eigenvalue weighted by Crippen LogP contribution is -2.56. The van der Waals surface area contributed by atoms with E-state index in [0.29, 0.717) is 0 Å². The van der Waals surface area contributed by atoms with Crippen molar-refractivity contribution in [2.75, 3.05) is 13.2 Å². The Morgan fingerprint density at radius 1 is 0.650 bits per heavy atom. The Kier molecular flexibility index (Phi) is 3.83. The molecule has 0 bridgehead atoms. The summed E-state index contributed by atoms with van der Waals surface area (Å²) in [5, 5.41) is 0. The largest absolute Gasteiger partial charge is 0.479 e. The summed E-state index contributed by atoms with van der Waals surface area (Å²) in [6.07, 6.45) is -10.3. The van der Waals surface area contributed by atoms with Crippen molar-refractivity contribution in [2.45, 2.75) is 24.2 Å². The van der Waals surface area contributed by atoms with Crippen LogP contribution in [0.15, 0.2) is 11.5 Å². The number of halogens is 10. The molecule has 20 heavy (non-hydrogen) atoms. The van der Waals surface area contributed by atoms with Gasteiger partial charge in [-0.05, 0) is 0 Å². The molecule has 1 aliphatic carbocycles. The number of ether oxygens (including phenoxy) is 2. The predicted octanol–water partition coefficient (Wildman–Crippen LogP) is 3.64. The smallest absolute Gasteiger partial charge is 0.422 e. The lowest BCUT2D eigenvalue weighted by atomic mass is 9.94. The maximum atomic E-state index is 12.8. The summed E-state index contributed by atoms with van der Waals surface area (Å²) in [4.78, 5) is 0. The van der Waals surface area contributed by atoms with Crippen LogP contribution in [0.3, 0.4) is 0 Å². The van der Waals surface area contributed by atoms with Crippen molar-refractivity contribution < 1.29 is 53.4 Å². The van der Waals surface area contributed by atoms with Crippen molar-refractivity contribution in [3.8, 4) is 0 Å². The average molecular weight is 322 g/mol. The summed E-state index contributed by atoms with van der Waals surface area (Å²) < 4.78 is 128. The number of hydrogen-bond donors (Lipinski definition) is 0. The molecule has 0 spiro atoms. The van der Waals surface area contributed by atoms with Gasteiger partial charge in [0.05, 0.1) is 0 Å². The van der Waals surface area contributed by atoms with Crippen LogP contribution in [0.5, 0.6) is 0 Å². The molecule has 0 aromatic rings. The third-order valence-electron chi connectivity index (χ3n) is 1.93. The van der Waals surface area contributed by atoms with Gasteiger partial charge in [-0.25, -0.2) is 0 Å². The van der Waals surface area contributed by atoms with E-state index in [1.807, 2.05) is 0 Å². The summed E-state index contributed by atoms with van der Waals surface area (Å²) in [5.41, 5.74) is 0. The van der Waals surface area contributed by atoms with Gasteiger partial charge in [0, 0.05) is 0 Å². The molecule has 1 rings (SSSR count). The van der Waals surface area contributed by atoms with E-state index in [1.165, 1.54) is 0 Å². The minimum atomic E-state index is -5.17. The predicted molar refractivity (Wildman–Crippen MR) is 40.9 cm³/mol. The maximum Gasteiger partial charge on any atom is 0.422 e. The second-order valence-electron chi connectivity index (χ2n) is 3.61. The van der Waals surface area contributed by atoms with Gasteiger partial charge in [-0.3, -0.25) is 0 Å². The molecular formula is C8H4F10O2. The molecule has 0 saturated heterocycles. The van der Waals surface area contributed by atoms with Crippen molar-refractivity contribution >= 4 is 0 Å². The van der Waals surface area contributed by atoms with Crippen LogP contribution >= 0.6 is 0 Å². The van der Waals surface area contributed by atoms with Gasteiger partial charge in [-0.2, -0.15) is 43.9 Å². The Labute approximate surface area is 103 Å². The second kappa shape index (κ2) is 4.58. The zero-order valence-corrected chi connectivity index (χ0v) is 9.01. The van der Waals surface area contributed by atoms with Crippen LogP contribution in [-0.4, -0.2) is 37.4 Å². The Bertz CT molecular complexity index is 366. The summed E-state index contributed by atoms with van der Waals surface area (Å²) >= 11 is 0. The molecule has 0 N–H and O–H groups in total. The Hall–Kier alpha value is -1.36. The molecule has 2 nitrogen and oxygen atoms in total. The number of rotatable bonds is 4. The molecule has 0 saturated carbocycles. The molecule has 0 amide bonds. The van der Waals surface area contributed by atoms with Crippen LogP contribution in [0.25, 0.3) is 0 Å². The highest BCUT2D eigenvalue weighted by molar-refractivity contribution is 5.36. The van der Waals surface area contributed by atoms with E-state index < -0.39 is 48.9 Å². The van der Waals surface area contributed by atoms with Gasteiger partial charge in [0.25, 0.3) is 0 Å². The van der Waals surface area contributed by atoms with Crippen molar-refractivity contribution in [2.24, 2.45) is 0 Å². The van der Waals surface area contributed by atoms with Crippen molar-refractivity contribution in [3.63, 3.8) is 0 Å². The number of alkyl halides is 10. The summed E-state index contributed by atoms with van der Waals surface area (Å²) in [7, 11) is 0. The van der Waals surface area contributed by atoms with E-state index in [2.05, 4.69) is 9.47 Å². The Morgan fingerprint density at radius 2 is 0.900 bits per heavy atom. The molecule has 12 heteroatoms. The standard InChI is InChI=1S/C8H4F10O2/c9-5(10,11)1-19-3-4(20-2-6(12,13)14)8(17,18)7(3,15)16/h1-2H2. The van der Waals surface area contributed by atoms with E-state index in [1.54, 1.807) is 0 Å². The first kappa shape index (κ1) is 16.7. The topological polar surface area (TPSA) is 18.5 Å². The van der Waals surface area contributed by atoms with Gasteiger partial charge in [-0.15, -0.1) is 0 Å². The van der Waals surface area contributed by atoms with E-state index >= 15 is 0 Å². The fourth-order valence-electron chi connectivity index (χ4n) is 1.13. The molecule has 1 aliphatic rings. The average Bonchev–Trinajstić information content (AvgIpc) is 2.18. The Balaban J connectivity index is 2.92. The molecular weight excluding hydrogens is 318 g/mol. The molecule has 0 atom stereocenters. The zero-order valence-electron chi connectivity index (χ0n) is 9.01. The summed E-state index contributed by atoms with van der Waals surface area (Å²) in [5.74, 6) is -14.9. The van der Waals surface area contributed by atoms with Crippen LogP contribution in [0.1, 0.15) is 0 Å². The number of allylic oxidation sites excluding steroid dienone is 2. The summed E-state index contributed by atoms with van der Waals surface area (Å²) in [6, 6.07) is 0. The molecule has 0 aromatic heterocycles. The minimum Gasteiger partial charge on any atom is -0.479 e. The monoisotopic (exact) mass is 322 g/mol. The molecule has 0 heterocycles. The lowest BCUT2D eigenvalue weighted by molar-refractivity contribution is -0.268. The van der Waals surface area contributed by atoms with Crippen molar-refractivity contribution in [1.29, 1.82) is 0 Å². The maximum absolute atomic E-state index is 12.8. The van der Waals surface area contributed by atoms with Gasteiger partial charge in [-0.1, -0.05) is 0 Å². The lowest BCUT2D eigenvalue weighted by Gasteiger charge is -2.39. The van der Waals surface area contributed by atoms with Crippen LogP contribution in [0, 0.1) is 0 Å². The zero-order chi connectivity index (χ0) is 16.0. The van der Waals surface area contributed by atoms with E-state index in [-0.39, 0.29) is 0 Å². The second-order valence-corrected chi connectivity index (χ2v) is 3.61. The fraction of sp³-hybridized carbons (Fsp3) is 0.750. The third kappa shape index (κ3) is 3.20. The highest BCUT2D eigenvalue weighted by Crippen LogP contribution is 2.56. The van der Waals surface area contributed by atoms with E-state index in [9.17, 15) is 43.9 Å². The SMILES string of the molecule is FC(F)(F)COC1=C(OCC(F)(F)F)C(F)(F)C1(F)F. The molecule has 0 aliphatic heterocycles. The molecule has 118 valence electrons. The first-order valence-electron chi connectivity index (χ1n) is 4.58. The normalized spacial score (nSPS) is 21.5. The number of hydrogen-bond acceptors (Lipinski definition) is 2. The van der Waals surface area contributed by atoms with Gasteiger partial charge < -0.3 is 9.47 Å². The fourth-order valence-corrected chi connectivity index (χ4v) is 1.13. The van der Waals surface area contributed by atoms with E-state index in [0.717, 1.165) is 0 Å². The minimum absolute atomic E-state index is 2.26. The molecule has 0 unspecified atom stereocenters. The molecule has 0 radical (unpaired) electrons. The molecule has 0 fully saturated rings. The van der Waals surface area contributed by atoms with Crippen molar-refractivity contribution in [1.82, 2.24) is 0 Å². The van der Waals surface area contributed by atoms with Gasteiger partial charge in [0.15, 0.2) is 13.2 Å². The van der Waals surface area contributed by atoms with Gasteiger partial charge in [0.1, 0.15) is 0 Å². The van der Waals surface area contributed by atoms with Crippen molar-refractivity contribution in [3.05, 3.63) is 11.5 Å². The van der Waals surface area contributed by atoms with Gasteiger partial charge >= 0.3 is 24.2 Å².